The van der Waals surface area contributed by atoms with Gasteiger partial charge < -0.3 is 4.74 Å². The zero-order valence-electron chi connectivity index (χ0n) is 14.1. The molecule has 6 heteroatoms. The van der Waals surface area contributed by atoms with Gasteiger partial charge in [-0.25, -0.2) is 0 Å². The topological polar surface area (TPSA) is 99.9 Å². The quantitative estimate of drug-likeness (QED) is 0.560. The van der Waals surface area contributed by atoms with Crippen LogP contribution in [0.2, 0.25) is 0 Å². The standard InChI is InChI=1S/C20H17N3O3/c21-12-16-10-19(23(24)25)20(11-17(16)13-22)26-18-8-6-15(7-9-18)14-4-2-1-3-5-14/h6-11,14H,1-5H2. The molecule has 2 aromatic carbocycles. The number of nitro benzene ring substituents is 1. The van der Waals surface area contributed by atoms with Gasteiger partial charge in [-0.3, -0.25) is 10.1 Å². The van der Waals surface area contributed by atoms with Crippen LogP contribution in [0.1, 0.15) is 54.7 Å². The smallest absolute Gasteiger partial charge is 0.312 e. The lowest BCUT2D eigenvalue weighted by Crippen LogP contribution is -2.04. The molecule has 0 N–H and O–H groups in total. The van der Waals surface area contributed by atoms with Gasteiger partial charge in [-0.05, 0) is 36.5 Å². The van der Waals surface area contributed by atoms with Crippen LogP contribution in [0.25, 0.3) is 0 Å². The number of benzene rings is 2. The molecular weight excluding hydrogens is 330 g/mol. The molecule has 0 aliphatic heterocycles. The van der Waals surface area contributed by atoms with Crippen molar-refractivity contribution in [2.75, 3.05) is 0 Å². The Kier molecular flexibility index (Phi) is 5.15. The van der Waals surface area contributed by atoms with E-state index in [0.717, 1.165) is 6.07 Å². The number of rotatable bonds is 4. The van der Waals surface area contributed by atoms with Crippen LogP contribution in [0, 0.1) is 32.8 Å². The lowest BCUT2D eigenvalue weighted by molar-refractivity contribution is -0.385. The summed E-state index contributed by atoms with van der Waals surface area (Å²) in [6.45, 7) is 0. The third-order valence-electron chi connectivity index (χ3n) is 4.72. The Morgan fingerprint density at radius 1 is 1.00 bits per heavy atom. The normalized spacial score (nSPS) is 14.2. The number of nitriles is 2. The first kappa shape index (κ1) is 17.4. The van der Waals surface area contributed by atoms with Crippen LogP contribution in [-0.4, -0.2) is 4.92 Å². The zero-order valence-corrected chi connectivity index (χ0v) is 14.1. The summed E-state index contributed by atoms with van der Waals surface area (Å²) in [6, 6.07) is 13.5. The molecule has 0 aromatic heterocycles. The Bertz CT molecular complexity index is 902. The molecule has 130 valence electrons. The van der Waals surface area contributed by atoms with Gasteiger partial charge in [0, 0.05) is 12.1 Å². The minimum atomic E-state index is -0.617. The van der Waals surface area contributed by atoms with Crippen molar-refractivity contribution in [1.29, 1.82) is 10.5 Å². The van der Waals surface area contributed by atoms with Gasteiger partial charge in [-0.1, -0.05) is 31.4 Å². The molecule has 1 aliphatic rings. The lowest BCUT2D eigenvalue weighted by atomic mass is 9.84. The highest BCUT2D eigenvalue weighted by atomic mass is 16.6. The third kappa shape index (κ3) is 3.65. The minimum Gasteiger partial charge on any atom is -0.450 e. The molecular formula is C20H17N3O3. The molecule has 0 spiro atoms. The average molecular weight is 347 g/mol. The van der Waals surface area contributed by atoms with Crippen molar-refractivity contribution in [3.8, 4) is 23.6 Å². The fourth-order valence-corrected chi connectivity index (χ4v) is 3.35. The number of nitro groups is 1. The van der Waals surface area contributed by atoms with Crippen LogP contribution in [0.5, 0.6) is 11.5 Å². The molecule has 0 atom stereocenters. The number of hydrogen-bond acceptors (Lipinski definition) is 5. The molecule has 6 nitrogen and oxygen atoms in total. The summed E-state index contributed by atoms with van der Waals surface area (Å²) < 4.78 is 5.65. The molecule has 0 amide bonds. The Hall–Kier alpha value is -3.38. The molecule has 26 heavy (non-hydrogen) atoms. The van der Waals surface area contributed by atoms with E-state index in [0.29, 0.717) is 11.7 Å². The van der Waals surface area contributed by atoms with Crippen molar-refractivity contribution >= 4 is 5.69 Å². The summed E-state index contributed by atoms with van der Waals surface area (Å²) in [5.41, 5.74) is 0.923. The van der Waals surface area contributed by atoms with E-state index in [9.17, 15) is 10.1 Å². The van der Waals surface area contributed by atoms with E-state index in [-0.39, 0.29) is 22.6 Å². The Labute approximate surface area is 151 Å². The second-order valence-corrected chi connectivity index (χ2v) is 6.35. The molecule has 1 fully saturated rings. The highest BCUT2D eigenvalue weighted by Gasteiger charge is 2.21. The van der Waals surface area contributed by atoms with Crippen molar-refractivity contribution in [2.24, 2.45) is 0 Å². The maximum atomic E-state index is 11.3. The van der Waals surface area contributed by atoms with Gasteiger partial charge in [-0.15, -0.1) is 0 Å². The third-order valence-corrected chi connectivity index (χ3v) is 4.72. The van der Waals surface area contributed by atoms with Crippen LogP contribution in [0.4, 0.5) is 5.69 Å². The van der Waals surface area contributed by atoms with E-state index < -0.39 is 4.92 Å². The molecule has 0 radical (unpaired) electrons. The molecule has 2 aromatic rings. The van der Waals surface area contributed by atoms with Crippen molar-refractivity contribution < 1.29 is 9.66 Å². The molecule has 3 rings (SSSR count). The monoisotopic (exact) mass is 347 g/mol. The van der Waals surface area contributed by atoms with Gasteiger partial charge in [0.15, 0.2) is 0 Å². The van der Waals surface area contributed by atoms with Crippen molar-refractivity contribution in [1.82, 2.24) is 0 Å². The van der Waals surface area contributed by atoms with E-state index >= 15 is 0 Å². The summed E-state index contributed by atoms with van der Waals surface area (Å²) >= 11 is 0. The fourth-order valence-electron chi connectivity index (χ4n) is 3.35. The minimum absolute atomic E-state index is 0.0424. The maximum absolute atomic E-state index is 11.3. The maximum Gasteiger partial charge on any atom is 0.312 e. The highest BCUT2D eigenvalue weighted by molar-refractivity contribution is 5.60. The Balaban J connectivity index is 1.87. The summed E-state index contributed by atoms with van der Waals surface area (Å²) in [7, 11) is 0. The van der Waals surface area contributed by atoms with Crippen LogP contribution < -0.4 is 4.74 Å². The van der Waals surface area contributed by atoms with Gasteiger partial charge in [0.05, 0.1) is 16.1 Å². The molecule has 0 heterocycles. The molecule has 0 unspecified atom stereocenters. The SMILES string of the molecule is N#Cc1cc(Oc2ccc(C3CCCCC3)cc2)c([N+](=O)[O-])cc1C#N. The number of ether oxygens (including phenoxy) is 1. The Morgan fingerprint density at radius 2 is 1.62 bits per heavy atom. The van der Waals surface area contributed by atoms with E-state index in [1.807, 2.05) is 18.2 Å². The first-order chi connectivity index (χ1) is 12.6. The summed E-state index contributed by atoms with van der Waals surface area (Å²) in [5.74, 6) is 0.976. The lowest BCUT2D eigenvalue weighted by Gasteiger charge is -2.22. The van der Waals surface area contributed by atoms with Crippen LogP contribution in [-0.2, 0) is 0 Å². The second-order valence-electron chi connectivity index (χ2n) is 6.35. The highest BCUT2D eigenvalue weighted by Crippen LogP contribution is 2.36. The van der Waals surface area contributed by atoms with Crippen molar-refractivity contribution in [3.63, 3.8) is 0 Å². The fraction of sp³-hybridized carbons (Fsp3) is 0.300. The first-order valence-electron chi connectivity index (χ1n) is 8.53. The summed E-state index contributed by atoms with van der Waals surface area (Å²) in [4.78, 5) is 10.7. The Morgan fingerprint density at radius 3 is 2.19 bits per heavy atom. The van der Waals surface area contributed by atoms with Crippen molar-refractivity contribution in [2.45, 2.75) is 38.0 Å². The number of nitrogens with zero attached hydrogens (tertiary/aromatic N) is 3. The van der Waals surface area contributed by atoms with Crippen LogP contribution in [0.15, 0.2) is 36.4 Å². The first-order valence-corrected chi connectivity index (χ1v) is 8.53. The predicted octanol–water partition coefficient (Wildman–Crippen LogP) is 5.18. The van der Waals surface area contributed by atoms with Gasteiger partial charge in [-0.2, -0.15) is 10.5 Å². The molecule has 0 saturated heterocycles. The predicted molar refractivity (Wildman–Crippen MR) is 94.9 cm³/mol. The summed E-state index contributed by atoms with van der Waals surface area (Å²) in [5, 5.41) is 29.4. The van der Waals surface area contributed by atoms with E-state index in [4.69, 9.17) is 15.3 Å². The molecule has 1 saturated carbocycles. The largest absolute Gasteiger partial charge is 0.450 e. The second kappa shape index (κ2) is 7.67. The van der Waals surface area contributed by atoms with Crippen LogP contribution >= 0.6 is 0 Å². The zero-order chi connectivity index (χ0) is 18.5. The van der Waals surface area contributed by atoms with Gasteiger partial charge in [0.2, 0.25) is 5.75 Å². The van der Waals surface area contributed by atoms with Crippen molar-refractivity contribution in [3.05, 3.63) is 63.2 Å². The van der Waals surface area contributed by atoms with Gasteiger partial charge in [0.1, 0.15) is 17.9 Å². The average Bonchev–Trinajstić information content (AvgIpc) is 2.68. The van der Waals surface area contributed by atoms with E-state index in [2.05, 4.69) is 0 Å². The van der Waals surface area contributed by atoms with E-state index in [1.54, 1.807) is 18.2 Å². The number of hydrogen-bond donors (Lipinski definition) is 0. The van der Waals surface area contributed by atoms with Gasteiger partial charge >= 0.3 is 5.69 Å². The van der Waals surface area contributed by atoms with Gasteiger partial charge in [0.25, 0.3) is 0 Å². The van der Waals surface area contributed by atoms with E-state index in [1.165, 1.54) is 43.7 Å². The summed E-state index contributed by atoms with van der Waals surface area (Å²) in [6.07, 6.45) is 6.16. The molecule has 1 aliphatic carbocycles. The van der Waals surface area contributed by atoms with Crippen LogP contribution in [0.3, 0.4) is 0 Å². The molecule has 0 bridgehead atoms.